The van der Waals surface area contributed by atoms with Crippen LogP contribution >= 0.6 is 0 Å². The Morgan fingerprint density at radius 3 is 2.59 bits per heavy atom. The van der Waals surface area contributed by atoms with Crippen molar-refractivity contribution in [2.75, 3.05) is 26.2 Å². The fraction of sp³-hybridized carbons (Fsp3) is 0.619. The van der Waals surface area contributed by atoms with Gasteiger partial charge < -0.3 is 14.7 Å². The molecule has 1 atom stereocenters. The number of carboxylic acids is 1. The number of benzene rings is 1. The minimum absolute atomic E-state index is 0.0748. The third-order valence-corrected chi connectivity index (χ3v) is 5.59. The minimum atomic E-state index is -0.868. The van der Waals surface area contributed by atoms with Crippen LogP contribution in [0.5, 0.6) is 0 Å². The SMILES string of the molecule is CC(C)OC(=O)N1CCC(N2CCC(Cc3cccc(C(=O)O)c3)C2)CC1. The number of ether oxygens (including phenoxy) is 1. The molecule has 0 saturated carbocycles. The number of piperidine rings is 1. The number of hydrogen-bond acceptors (Lipinski definition) is 4. The van der Waals surface area contributed by atoms with Crippen LogP contribution in [0.2, 0.25) is 0 Å². The molecule has 2 aliphatic heterocycles. The average Bonchev–Trinajstić information content (AvgIpc) is 3.10. The number of carbonyl (C=O) groups excluding carboxylic acids is 1. The first-order valence-corrected chi connectivity index (χ1v) is 9.94. The maximum absolute atomic E-state index is 12.0. The third kappa shape index (κ3) is 5.22. The number of nitrogens with zero attached hydrogens (tertiary/aromatic N) is 2. The molecule has 0 bridgehead atoms. The molecule has 2 aliphatic rings. The van der Waals surface area contributed by atoms with Crippen LogP contribution in [0.3, 0.4) is 0 Å². The van der Waals surface area contributed by atoms with Crippen molar-refractivity contribution in [2.45, 2.75) is 51.7 Å². The topological polar surface area (TPSA) is 70.1 Å². The van der Waals surface area contributed by atoms with Gasteiger partial charge in [-0.3, -0.25) is 4.90 Å². The van der Waals surface area contributed by atoms with Gasteiger partial charge in [0.25, 0.3) is 0 Å². The molecule has 2 fully saturated rings. The lowest BCUT2D eigenvalue weighted by Crippen LogP contribution is -2.46. The molecule has 148 valence electrons. The highest BCUT2D eigenvalue weighted by Gasteiger charge is 2.32. The van der Waals surface area contributed by atoms with Gasteiger partial charge in [0.05, 0.1) is 11.7 Å². The molecular weight excluding hydrogens is 344 g/mol. The first-order chi connectivity index (χ1) is 12.9. The van der Waals surface area contributed by atoms with Gasteiger partial charge in [0.1, 0.15) is 0 Å². The van der Waals surface area contributed by atoms with Gasteiger partial charge in [-0.25, -0.2) is 9.59 Å². The predicted molar refractivity (Wildman–Crippen MR) is 103 cm³/mol. The fourth-order valence-electron chi connectivity index (χ4n) is 4.22. The summed E-state index contributed by atoms with van der Waals surface area (Å²) in [5, 5.41) is 9.15. The van der Waals surface area contributed by atoms with Crippen LogP contribution in [0.25, 0.3) is 0 Å². The molecule has 6 nitrogen and oxygen atoms in total. The van der Waals surface area contributed by atoms with Crippen LogP contribution < -0.4 is 0 Å². The summed E-state index contributed by atoms with van der Waals surface area (Å²) in [6.07, 6.45) is 3.79. The first-order valence-electron chi connectivity index (χ1n) is 9.94. The lowest BCUT2D eigenvalue weighted by Gasteiger charge is -2.36. The number of carboxylic acid groups (broad SMARTS) is 1. The molecule has 1 aromatic rings. The summed E-state index contributed by atoms with van der Waals surface area (Å²) in [5.74, 6) is -0.300. The lowest BCUT2D eigenvalue weighted by atomic mass is 9.97. The largest absolute Gasteiger partial charge is 0.478 e. The zero-order chi connectivity index (χ0) is 19.4. The van der Waals surface area contributed by atoms with Crippen molar-refractivity contribution in [2.24, 2.45) is 5.92 Å². The number of likely N-dealkylation sites (tertiary alicyclic amines) is 2. The van der Waals surface area contributed by atoms with E-state index < -0.39 is 5.97 Å². The summed E-state index contributed by atoms with van der Waals surface area (Å²) >= 11 is 0. The summed E-state index contributed by atoms with van der Waals surface area (Å²) in [5.41, 5.74) is 1.47. The highest BCUT2D eigenvalue weighted by molar-refractivity contribution is 5.87. The Bertz CT molecular complexity index is 668. The van der Waals surface area contributed by atoms with Crippen LogP contribution in [-0.4, -0.2) is 65.3 Å². The molecule has 1 N–H and O–H groups in total. The van der Waals surface area contributed by atoms with Crippen molar-refractivity contribution in [3.8, 4) is 0 Å². The zero-order valence-electron chi connectivity index (χ0n) is 16.3. The van der Waals surface area contributed by atoms with Crippen molar-refractivity contribution in [1.29, 1.82) is 0 Å². The standard InChI is InChI=1S/C21H30N2O4/c1-15(2)27-21(26)22-10-7-19(8-11-22)23-9-6-17(14-23)12-16-4-3-5-18(13-16)20(24)25/h3-5,13,15,17,19H,6-12,14H2,1-2H3,(H,24,25). The van der Waals surface area contributed by atoms with E-state index in [0.717, 1.165) is 57.4 Å². The number of carbonyl (C=O) groups is 2. The van der Waals surface area contributed by atoms with E-state index in [1.807, 2.05) is 30.9 Å². The predicted octanol–water partition coefficient (Wildman–Crippen LogP) is 3.26. The van der Waals surface area contributed by atoms with Crippen LogP contribution in [0.15, 0.2) is 24.3 Å². The molecule has 1 aromatic carbocycles. The summed E-state index contributed by atoms with van der Waals surface area (Å²) < 4.78 is 5.29. The second-order valence-corrected chi connectivity index (χ2v) is 8.01. The Kier molecular flexibility index (Phi) is 6.37. The van der Waals surface area contributed by atoms with Crippen molar-refractivity contribution in [3.05, 3.63) is 35.4 Å². The van der Waals surface area contributed by atoms with E-state index in [4.69, 9.17) is 9.84 Å². The number of hydrogen-bond donors (Lipinski definition) is 1. The smallest absolute Gasteiger partial charge is 0.410 e. The maximum Gasteiger partial charge on any atom is 0.410 e. The molecule has 2 saturated heterocycles. The second kappa shape index (κ2) is 8.74. The van der Waals surface area contributed by atoms with Crippen molar-refractivity contribution in [3.63, 3.8) is 0 Å². The lowest BCUT2D eigenvalue weighted by molar-refractivity contribution is 0.0578. The van der Waals surface area contributed by atoms with Crippen LogP contribution in [0, 0.1) is 5.92 Å². The molecule has 3 rings (SSSR count). The Balaban J connectivity index is 1.47. The quantitative estimate of drug-likeness (QED) is 0.857. The van der Waals surface area contributed by atoms with E-state index in [2.05, 4.69) is 4.90 Å². The van der Waals surface area contributed by atoms with Crippen molar-refractivity contribution < 1.29 is 19.4 Å². The number of rotatable bonds is 5. The monoisotopic (exact) mass is 374 g/mol. The molecular formula is C21H30N2O4. The molecule has 2 heterocycles. The molecule has 0 spiro atoms. The molecule has 0 aromatic heterocycles. The van der Waals surface area contributed by atoms with E-state index in [1.54, 1.807) is 12.1 Å². The summed E-state index contributed by atoms with van der Waals surface area (Å²) in [4.78, 5) is 27.5. The molecule has 6 heteroatoms. The number of amides is 1. The second-order valence-electron chi connectivity index (χ2n) is 8.01. The van der Waals surface area contributed by atoms with Gasteiger partial charge >= 0.3 is 12.1 Å². The molecule has 0 aliphatic carbocycles. The first kappa shape index (κ1) is 19.7. The summed E-state index contributed by atoms with van der Waals surface area (Å²) in [6.45, 7) is 7.42. The van der Waals surface area contributed by atoms with E-state index in [9.17, 15) is 9.59 Å². The Morgan fingerprint density at radius 1 is 1.19 bits per heavy atom. The Hall–Kier alpha value is -2.08. The van der Waals surface area contributed by atoms with Crippen molar-refractivity contribution in [1.82, 2.24) is 9.80 Å². The van der Waals surface area contributed by atoms with Gasteiger partial charge in [0.15, 0.2) is 0 Å². The van der Waals surface area contributed by atoms with Gasteiger partial charge in [-0.05, 0) is 69.7 Å². The molecule has 1 amide bonds. The van der Waals surface area contributed by atoms with Crippen LogP contribution in [0.4, 0.5) is 4.79 Å². The average molecular weight is 374 g/mol. The Morgan fingerprint density at radius 2 is 1.93 bits per heavy atom. The summed E-state index contributed by atoms with van der Waals surface area (Å²) in [7, 11) is 0. The van der Waals surface area contributed by atoms with Crippen molar-refractivity contribution >= 4 is 12.1 Å². The normalized spacial score (nSPS) is 21.6. The third-order valence-electron chi connectivity index (χ3n) is 5.59. The highest BCUT2D eigenvalue weighted by atomic mass is 16.6. The van der Waals surface area contributed by atoms with E-state index in [0.29, 0.717) is 17.5 Å². The van der Waals surface area contributed by atoms with E-state index in [1.165, 1.54) is 0 Å². The van der Waals surface area contributed by atoms with E-state index in [-0.39, 0.29) is 12.2 Å². The van der Waals surface area contributed by atoms with Gasteiger partial charge in [0, 0.05) is 25.7 Å². The Labute approximate surface area is 161 Å². The molecule has 1 unspecified atom stereocenters. The maximum atomic E-state index is 12.0. The number of aromatic carboxylic acids is 1. The van der Waals surface area contributed by atoms with Gasteiger partial charge in [-0.2, -0.15) is 0 Å². The van der Waals surface area contributed by atoms with Gasteiger partial charge in [0.2, 0.25) is 0 Å². The van der Waals surface area contributed by atoms with Crippen LogP contribution in [-0.2, 0) is 11.2 Å². The zero-order valence-corrected chi connectivity index (χ0v) is 16.3. The minimum Gasteiger partial charge on any atom is -0.478 e. The van der Waals surface area contributed by atoms with Gasteiger partial charge in [-0.15, -0.1) is 0 Å². The van der Waals surface area contributed by atoms with Crippen LogP contribution in [0.1, 0.15) is 49.0 Å². The van der Waals surface area contributed by atoms with Gasteiger partial charge in [-0.1, -0.05) is 12.1 Å². The van der Waals surface area contributed by atoms with E-state index >= 15 is 0 Å². The highest BCUT2D eigenvalue weighted by Crippen LogP contribution is 2.27. The fourth-order valence-corrected chi connectivity index (χ4v) is 4.22. The molecule has 27 heavy (non-hydrogen) atoms. The summed E-state index contributed by atoms with van der Waals surface area (Å²) in [6, 6.07) is 7.82. The molecule has 0 radical (unpaired) electrons.